The third-order valence-electron chi connectivity index (χ3n) is 3.28. The number of nitrogens with zero attached hydrogens (tertiary/aromatic N) is 4. The first-order chi connectivity index (χ1) is 9.58. The van der Waals surface area contributed by atoms with Gasteiger partial charge in [-0.2, -0.15) is 0 Å². The minimum atomic E-state index is 0.224. The van der Waals surface area contributed by atoms with Crippen LogP contribution in [-0.2, 0) is 0 Å². The average molecular weight is 287 g/mol. The van der Waals surface area contributed by atoms with Crippen molar-refractivity contribution >= 4 is 22.6 Å². The van der Waals surface area contributed by atoms with Crippen LogP contribution >= 0.6 is 11.6 Å². The number of halogens is 1. The van der Waals surface area contributed by atoms with Crippen molar-refractivity contribution in [2.24, 2.45) is 0 Å². The van der Waals surface area contributed by atoms with Gasteiger partial charge in [0.25, 0.3) is 0 Å². The fourth-order valence-electron chi connectivity index (χ4n) is 2.11. The highest BCUT2D eigenvalue weighted by Crippen LogP contribution is 2.25. The molecule has 0 unspecified atom stereocenters. The quantitative estimate of drug-likeness (QED) is 0.671. The summed E-state index contributed by atoms with van der Waals surface area (Å²) in [5, 5.41) is 0.497. The summed E-state index contributed by atoms with van der Waals surface area (Å²) in [6.07, 6.45) is 1.78. The first kappa shape index (κ1) is 13.1. The highest BCUT2D eigenvalue weighted by atomic mass is 35.5. The van der Waals surface area contributed by atoms with Crippen LogP contribution in [0.3, 0.4) is 0 Å². The van der Waals surface area contributed by atoms with Crippen LogP contribution in [0, 0.1) is 6.92 Å². The van der Waals surface area contributed by atoms with E-state index in [1.165, 1.54) is 0 Å². The van der Waals surface area contributed by atoms with Gasteiger partial charge in [-0.25, -0.2) is 15.0 Å². The molecule has 2 aromatic heterocycles. The van der Waals surface area contributed by atoms with Crippen molar-refractivity contribution in [3.63, 3.8) is 0 Å². The van der Waals surface area contributed by atoms with Crippen LogP contribution in [0.25, 0.3) is 16.9 Å². The average Bonchev–Trinajstić information content (AvgIpc) is 2.85. The van der Waals surface area contributed by atoms with Crippen LogP contribution in [0.5, 0.6) is 0 Å². The SMILES string of the molecule is Cc1c(Cl)nc(C(C)C)nc1-n1cnc2ccccc21. The molecular formula is C15H15ClN4. The molecule has 0 aliphatic carbocycles. The molecule has 0 radical (unpaired) electrons. The molecule has 102 valence electrons. The molecule has 0 saturated carbocycles. The van der Waals surface area contributed by atoms with Gasteiger partial charge in [0.15, 0.2) is 0 Å². The number of para-hydroxylation sites is 2. The maximum Gasteiger partial charge on any atom is 0.146 e. The minimum absolute atomic E-state index is 0.224. The van der Waals surface area contributed by atoms with E-state index in [0.717, 1.165) is 28.2 Å². The number of hydrogen-bond donors (Lipinski definition) is 0. The molecule has 0 saturated heterocycles. The Bertz CT molecular complexity index is 777. The first-order valence-electron chi connectivity index (χ1n) is 6.54. The Morgan fingerprint density at radius 2 is 1.90 bits per heavy atom. The Morgan fingerprint density at radius 3 is 2.65 bits per heavy atom. The van der Waals surface area contributed by atoms with Gasteiger partial charge in [0.05, 0.1) is 11.0 Å². The molecular weight excluding hydrogens is 272 g/mol. The van der Waals surface area contributed by atoms with Gasteiger partial charge in [-0.3, -0.25) is 4.57 Å². The molecule has 3 aromatic rings. The smallest absolute Gasteiger partial charge is 0.146 e. The Labute approximate surface area is 122 Å². The molecule has 0 aliphatic heterocycles. The summed E-state index contributed by atoms with van der Waals surface area (Å²) >= 11 is 6.25. The van der Waals surface area contributed by atoms with Crippen LogP contribution in [-0.4, -0.2) is 19.5 Å². The molecule has 0 aliphatic rings. The lowest BCUT2D eigenvalue weighted by Crippen LogP contribution is -2.07. The van der Waals surface area contributed by atoms with Crippen LogP contribution in [0.4, 0.5) is 0 Å². The monoisotopic (exact) mass is 286 g/mol. The third kappa shape index (κ3) is 2.06. The number of rotatable bonds is 2. The lowest BCUT2D eigenvalue weighted by Gasteiger charge is -2.12. The van der Waals surface area contributed by atoms with Gasteiger partial charge < -0.3 is 0 Å². The molecule has 2 heterocycles. The van der Waals surface area contributed by atoms with Crippen LogP contribution < -0.4 is 0 Å². The van der Waals surface area contributed by atoms with Crippen molar-refractivity contribution in [3.8, 4) is 5.82 Å². The van der Waals surface area contributed by atoms with Crippen molar-refractivity contribution in [2.45, 2.75) is 26.7 Å². The van der Waals surface area contributed by atoms with Gasteiger partial charge in [-0.15, -0.1) is 0 Å². The summed E-state index contributed by atoms with van der Waals surface area (Å²) < 4.78 is 1.96. The van der Waals surface area contributed by atoms with E-state index in [1.54, 1.807) is 6.33 Å². The van der Waals surface area contributed by atoms with Gasteiger partial charge in [0.1, 0.15) is 23.1 Å². The molecule has 0 bridgehead atoms. The van der Waals surface area contributed by atoms with Crippen molar-refractivity contribution in [1.29, 1.82) is 0 Å². The molecule has 0 atom stereocenters. The van der Waals surface area contributed by atoms with E-state index in [1.807, 2.05) is 35.8 Å². The number of imidazole rings is 1. The topological polar surface area (TPSA) is 43.6 Å². The second-order valence-corrected chi connectivity index (χ2v) is 5.44. The summed E-state index contributed by atoms with van der Waals surface area (Å²) in [6, 6.07) is 7.96. The normalized spacial score (nSPS) is 11.4. The van der Waals surface area contributed by atoms with Gasteiger partial charge in [0, 0.05) is 11.5 Å². The molecule has 0 amide bonds. The van der Waals surface area contributed by atoms with Crippen molar-refractivity contribution in [2.75, 3.05) is 0 Å². The maximum atomic E-state index is 6.25. The largest absolute Gasteiger partial charge is 0.283 e. The summed E-state index contributed by atoms with van der Waals surface area (Å²) in [6.45, 7) is 6.03. The molecule has 0 fully saturated rings. The Morgan fingerprint density at radius 1 is 1.15 bits per heavy atom. The first-order valence-corrected chi connectivity index (χ1v) is 6.92. The lowest BCUT2D eigenvalue weighted by molar-refractivity contribution is 0.760. The Hall–Kier alpha value is -1.94. The zero-order chi connectivity index (χ0) is 14.3. The van der Waals surface area contributed by atoms with Gasteiger partial charge in [-0.1, -0.05) is 37.6 Å². The lowest BCUT2D eigenvalue weighted by atomic mass is 10.2. The predicted molar refractivity (Wildman–Crippen MR) is 80.5 cm³/mol. The van der Waals surface area contributed by atoms with E-state index in [0.29, 0.717) is 5.15 Å². The molecule has 4 nitrogen and oxygen atoms in total. The van der Waals surface area contributed by atoms with Gasteiger partial charge in [0.2, 0.25) is 0 Å². The van der Waals surface area contributed by atoms with E-state index >= 15 is 0 Å². The van der Waals surface area contributed by atoms with E-state index in [-0.39, 0.29) is 5.92 Å². The van der Waals surface area contributed by atoms with Crippen LogP contribution in [0.15, 0.2) is 30.6 Å². The van der Waals surface area contributed by atoms with Crippen molar-refractivity contribution in [3.05, 3.63) is 47.1 Å². The molecule has 5 heteroatoms. The predicted octanol–water partition coefficient (Wildman–Crippen LogP) is 3.90. The molecule has 20 heavy (non-hydrogen) atoms. The number of aromatic nitrogens is 4. The summed E-state index contributed by atoms with van der Waals surface area (Å²) in [5.41, 5.74) is 2.81. The Kier molecular flexibility index (Phi) is 3.18. The summed E-state index contributed by atoms with van der Waals surface area (Å²) in [7, 11) is 0. The highest BCUT2D eigenvalue weighted by Gasteiger charge is 2.15. The van der Waals surface area contributed by atoms with Crippen LogP contribution in [0.1, 0.15) is 31.2 Å². The molecule has 1 aromatic carbocycles. The fourth-order valence-corrected chi connectivity index (χ4v) is 2.29. The van der Waals surface area contributed by atoms with Crippen LogP contribution in [0.2, 0.25) is 5.15 Å². The fraction of sp³-hybridized carbons (Fsp3) is 0.267. The summed E-state index contributed by atoms with van der Waals surface area (Å²) in [5.74, 6) is 1.76. The third-order valence-corrected chi connectivity index (χ3v) is 3.64. The van der Waals surface area contributed by atoms with E-state index in [2.05, 4.69) is 28.8 Å². The highest BCUT2D eigenvalue weighted by molar-refractivity contribution is 6.30. The number of hydrogen-bond acceptors (Lipinski definition) is 3. The second-order valence-electron chi connectivity index (χ2n) is 5.08. The van der Waals surface area contributed by atoms with E-state index in [9.17, 15) is 0 Å². The van der Waals surface area contributed by atoms with E-state index in [4.69, 9.17) is 11.6 Å². The number of benzene rings is 1. The zero-order valence-electron chi connectivity index (χ0n) is 11.6. The maximum absolute atomic E-state index is 6.25. The number of fused-ring (bicyclic) bond motifs is 1. The van der Waals surface area contributed by atoms with Gasteiger partial charge in [-0.05, 0) is 19.1 Å². The molecule has 3 rings (SSSR count). The second kappa shape index (κ2) is 4.87. The standard InChI is InChI=1S/C15H15ClN4/c1-9(2)14-18-13(16)10(3)15(19-14)20-8-17-11-6-4-5-7-12(11)20/h4-9H,1-3H3. The molecule has 0 N–H and O–H groups in total. The van der Waals surface area contributed by atoms with E-state index < -0.39 is 0 Å². The Balaban J connectivity index is 2.28. The zero-order valence-corrected chi connectivity index (χ0v) is 12.4. The summed E-state index contributed by atoms with van der Waals surface area (Å²) in [4.78, 5) is 13.4. The van der Waals surface area contributed by atoms with Crippen molar-refractivity contribution in [1.82, 2.24) is 19.5 Å². The van der Waals surface area contributed by atoms with Gasteiger partial charge >= 0.3 is 0 Å². The molecule has 0 spiro atoms. The van der Waals surface area contributed by atoms with Crippen molar-refractivity contribution < 1.29 is 0 Å². The minimum Gasteiger partial charge on any atom is -0.283 e.